The fourth-order valence-corrected chi connectivity index (χ4v) is 1.17. The minimum Gasteiger partial charge on any atom is -0.392 e. The fraction of sp³-hybridized carbons (Fsp3) is 0. The van der Waals surface area contributed by atoms with Gasteiger partial charge in [0.15, 0.2) is 0 Å². The van der Waals surface area contributed by atoms with E-state index in [-0.39, 0.29) is 0 Å². The number of hydrogen-bond donors (Lipinski definition) is 2. The van der Waals surface area contributed by atoms with E-state index in [1.165, 1.54) is 0 Å². The van der Waals surface area contributed by atoms with Gasteiger partial charge in [-0.25, -0.2) is 0 Å². The molecule has 0 amide bonds. The van der Waals surface area contributed by atoms with Crippen molar-refractivity contribution in [2.75, 3.05) is 0 Å². The summed E-state index contributed by atoms with van der Waals surface area (Å²) in [6.07, 6.45) is 0. The summed E-state index contributed by atoms with van der Waals surface area (Å²) < 4.78 is 21.9. The van der Waals surface area contributed by atoms with Gasteiger partial charge < -0.3 is 4.18 Å². The Hall–Kier alpha value is -0.420. The summed E-state index contributed by atoms with van der Waals surface area (Å²) in [6, 6.07) is 8.36. The van der Waals surface area contributed by atoms with Crippen molar-refractivity contribution >= 4 is 20.8 Å². The van der Waals surface area contributed by atoms with Gasteiger partial charge in [0.25, 0.3) is 0 Å². The lowest BCUT2D eigenvalue weighted by Gasteiger charge is -2.17. The molecule has 0 saturated carbocycles. The zero-order chi connectivity index (χ0) is 8.32. The van der Waals surface area contributed by atoms with Gasteiger partial charge in [0, 0.05) is 10.7 Å². The lowest BCUT2D eigenvalue weighted by Crippen LogP contribution is -1.96. The van der Waals surface area contributed by atoms with E-state index >= 15 is 0 Å². The Labute approximate surface area is 70.6 Å². The third-order valence-electron chi connectivity index (χ3n) is 0.945. The predicted octanol–water partition coefficient (Wildman–Crippen LogP) is 2.88. The SMILES string of the molecule is OS(O)(Cl)Oc1ccccc1. The van der Waals surface area contributed by atoms with E-state index in [9.17, 15) is 0 Å². The van der Waals surface area contributed by atoms with E-state index in [4.69, 9.17) is 19.8 Å². The van der Waals surface area contributed by atoms with E-state index in [1.54, 1.807) is 30.3 Å². The standard InChI is InChI=1S/C6H7ClO3S/c7-11(8,9)10-6-4-2-1-3-5-6/h1-5,8-9H. The van der Waals surface area contributed by atoms with E-state index in [0.29, 0.717) is 5.75 Å². The van der Waals surface area contributed by atoms with Crippen molar-refractivity contribution in [3.05, 3.63) is 30.3 Å². The highest BCUT2D eigenvalue weighted by atomic mass is 35.7. The molecule has 0 heterocycles. The van der Waals surface area contributed by atoms with Gasteiger partial charge in [-0.05, 0) is 12.1 Å². The van der Waals surface area contributed by atoms with Crippen molar-refractivity contribution in [3.63, 3.8) is 0 Å². The van der Waals surface area contributed by atoms with Gasteiger partial charge in [-0.1, -0.05) is 18.2 Å². The second-order valence-corrected chi connectivity index (χ2v) is 4.06. The second-order valence-electron chi connectivity index (χ2n) is 1.83. The largest absolute Gasteiger partial charge is 0.392 e. The molecule has 0 aliphatic carbocycles. The van der Waals surface area contributed by atoms with Crippen molar-refractivity contribution in [2.24, 2.45) is 0 Å². The van der Waals surface area contributed by atoms with Gasteiger partial charge in [0.05, 0.1) is 0 Å². The smallest absolute Gasteiger partial charge is 0.224 e. The molecule has 62 valence electrons. The molecule has 0 fully saturated rings. The Bertz CT molecular complexity index is 221. The van der Waals surface area contributed by atoms with Crippen LogP contribution in [0.5, 0.6) is 5.75 Å². The summed E-state index contributed by atoms with van der Waals surface area (Å²) in [5.74, 6) is 0.336. The number of rotatable bonds is 2. The highest BCUT2D eigenvalue weighted by Crippen LogP contribution is 2.45. The predicted molar refractivity (Wildman–Crippen MR) is 45.8 cm³/mol. The highest BCUT2D eigenvalue weighted by molar-refractivity contribution is 8.39. The molecule has 1 aromatic carbocycles. The first-order chi connectivity index (χ1) is 5.08. The van der Waals surface area contributed by atoms with Gasteiger partial charge in [0.1, 0.15) is 5.75 Å². The first-order valence-corrected chi connectivity index (χ1v) is 5.10. The summed E-state index contributed by atoms with van der Waals surface area (Å²) in [4.78, 5) is 0. The summed E-state index contributed by atoms with van der Waals surface area (Å²) in [5, 5.41) is 0. The summed E-state index contributed by atoms with van der Waals surface area (Å²) in [7, 11) is 1.63. The van der Waals surface area contributed by atoms with E-state index in [0.717, 1.165) is 0 Å². The third-order valence-corrected chi connectivity index (χ3v) is 1.54. The lowest BCUT2D eigenvalue weighted by molar-refractivity contribution is 0.404. The number of para-hydroxylation sites is 1. The maximum absolute atomic E-state index is 8.65. The first-order valence-electron chi connectivity index (χ1n) is 2.80. The Morgan fingerprint density at radius 2 is 1.73 bits per heavy atom. The fourth-order valence-electron chi connectivity index (χ4n) is 0.598. The summed E-state index contributed by atoms with van der Waals surface area (Å²) in [6.45, 7) is 0. The Morgan fingerprint density at radius 1 is 1.18 bits per heavy atom. The maximum Gasteiger partial charge on any atom is 0.224 e. The summed E-state index contributed by atoms with van der Waals surface area (Å²) >= 11 is 0. The van der Waals surface area contributed by atoms with Crippen molar-refractivity contribution < 1.29 is 13.3 Å². The molecule has 0 bridgehead atoms. The normalized spacial score (nSPS) is 12.6. The molecule has 1 aromatic rings. The van der Waals surface area contributed by atoms with Gasteiger partial charge in [0.2, 0.25) is 10.1 Å². The van der Waals surface area contributed by atoms with Crippen LogP contribution in [0.1, 0.15) is 0 Å². The number of halogens is 1. The Morgan fingerprint density at radius 3 is 2.18 bits per heavy atom. The molecule has 0 unspecified atom stereocenters. The lowest BCUT2D eigenvalue weighted by atomic mass is 10.3. The second kappa shape index (κ2) is 3.32. The Balaban J connectivity index is 2.66. The zero-order valence-corrected chi connectivity index (χ0v) is 7.05. The van der Waals surface area contributed by atoms with Crippen LogP contribution in [0, 0.1) is 0 Å². The quantitative estimate of drug-likeness (QED) is 0.761. The number of hydrogen-bond acceptors (Lipinski definition) is 3. The molecular weight excluding hydrogens is 188 g/mol. The average Bonchev–Trinajstić information content (AvgIpc) is 1.85. The molecule has 0 aromatic heterocycles. The van der Waals surface area contributed by atoms with Crippen molar-refractivity contribution in [3.8, 4) is 5.75 Å². The monoisotopic (exact) mass is 194 g/mol. The molecular formula is C6H7ClO3S. The molecule has 0 aliphatic heterocycles. The minimum atomic E-state index is -3.40. The van der Waals surface area contributed by atoms with Gasteiger partial charge >= 0.3 is 0 Å². The topological polar surface area (TPSA) is 49.7 Å². The van der Waals surface area contributed by atoms with Crippen LogP contribution in [-0.4, -0.2) is 9.11 Å². The first kappa shape index (κ1) is 8.67. The van der Waals surface area contributed by atoms with Crippen LogP contribution in [0.15, 0.2) is 30.3 Å². The highest BCUT2D eigenvalue weighted by Gasteiger charge is 2.13. The van der Waals surface area contributed by atoms with Gasteiger partial charge in [-0.15, -0.1) is 0 Å². The molecule has 0 spiro atoms. The van der Waals surface area contributed by atoms with Crippen LogP contribution in [0.3, 0.4) is 0 Å². The summed E-state index contributed by atoms with van der Waals surface area (Å²) in [5.41, 5.74) is 0. The molecule has 0 radical (unpaired) electrons. The molecule has 3 nitrogen and oxygen atoms in total. The van der Waals surface area contributed by atoms with Crippen molar-refractivity contribution in [1.82, 2.24) is 0 Å². The van der Waals surface area contributed by atoms with E-state index in [1.807, 2.05) is 0 Å². The van der Waals surface area contributed by atoms with Crippen LogP contribution in [0.2, 0.25) is 0 Å². The molecule has 0 saturated heterocycles. The minimum absolute atomic E-state index is 0.336. The van der Waals surface area contributed by atoms with Crippen LogP contribution < -0.4 is 4.18 Å². The average molecular weight is 195 g/mol. The molecule has 0 aliphatic rings. The van der Waals surface area contributed by atoms with Crippen LogP contribution in [0.4, 0.5) is 0 Å². The van der Waals surface area contributed by atoms with Crippen LogP contribution >= 0.6 is 20.8 Å². The van der Waals surface area contributed by atoms with Crippen LogP contribution in [0.25, 0.3) is 0 Å². The maximum atomic E-state index is 8.65. The van der Waals surface area contributed by atoms with Crippen LogP contribution in [-0.2, 0) is 0 Å². The Kier molecular flexibility index (Phi) is 2.62. The number of benzene rings is 1. The zero-order valence-electron chi connectivity index (χ0n) is 5.48. The van der Waals surface area contributed by atoms with E-state index < -0.39 is 10.1 Å². The van der Waals surface area contributed by atoms with Crippen molar-refractivity contribution in [1.29, 1.82) is 0 Å². The van der Waals surface area contributed by atoms with E-state index in [2.05, 4.69) is 4.18 Å². The van der Waals surface area contributed by atoms with Gasteiger partial charge in [-0.2, -0.15) is 0 Å². The van der Waals surface area contributed by atoms with Crippen molar-refractivity contribution in [2.45, 2.75) is 0 Å². The third kappa shape index (κ3) is 3.48. The molecule has 11 heavy (non-hydrogen) atoms. The molecule has 5 heteroatoms. The van der Waals surface area contributed by atoms with Gasteiger partial charge in [-0.3, -0.25) is 9.11 Å². The molecule has 2 N–H and O–H groups in total. The molecule has 0 atom stereocenters. The molecule has 1 rings (SSSR count).